The largest absolute Gasteiger partial charge is 0.480 e. The molecule has 0 saturated heterocycles. The highest BCUT2D eigenvalue weighted by Gasteiger charge is 1.94. The van der Waals surface area contributed by atoms with Crippen molar-refractivity contribution in [2.24, 2.45) is 0 Å². The van der Waals surface area contributed by atoms with Gasteiger partial charge in [-0.2, -0.15) is 0 Å². The average molecular weight is 120 g/mol. The molecular formula is C4H7NO3. The second-order valence-electron chi connectivity index (χ2n) is 1.30. The van der Waals surface area contributed by atoms with Crippen molar-refractivity contribution in [1.29, 1.82) is 0 Å². The third-order valence-corrected chi connectivity index (χ3v) is 0.489. The van der Waals surface area contributed by atoms with Crippen LogP contribution in [0.5, 0.6) is 0 Å². The molecule has 1 amide bonds. The Morgan fingerprint density at radius 3 is 2.25 bits per heavy atom. The summed E-state index contributed by atoms with van der Waals surface area (Å²) < 4.78 is 0. The molecule has 0 aliphatic heterocycles. The fourth-order valence-corrected chi connectivity index (χ4v) is 0.200. The standard InChI is InChI=1S/C4H7NO3/c1-3(6)5-2-4(7)8/h2H2,1H3,(H,5,6)(H,7,8)/i2+1,4+1,5+1. The Labute approximate surface area is 46.5 Å². The minimum atomic E-state index is -1.03. The first-order valence-corrected chi connectivity index (χ1v) is 2.09. The maximum Gasteiger partial charge on any atom is 0.322 e. The first-order chi connectivity index (χ1) is 3.63. The van der Waals surface area contributed by atoms with Crippen LogP contribution < -0.4 is 5.32 Å². The number of hydrogen-bond acceptors (Lipinski definition) is 2. The molecule has 4 nitrogen and oxygen atoms in total. The van der Waals surface area contributed by atoms with Gasteiger partial charge < -0.3 is 10.4 Å². The van der Waals surface area contributed by atoms with Crippen molar-refractivity contribution >= 4 is 11.9 Å². The van der Waals surface area contributed by atoms with Crippen LogP contribution in [0.1, 0.15) is 6.92 Å². The van der Waals surface area contributed by atoms with Crippen LogP contribution in [-0.2, 0) is 9.59 Å². The van der Waals surface area contributed by atoms with Crippen LogP contribution in [0.4, 0.5) is 0 Å². The van der Waals surface area contributed by atoms with Gasteiger partial charge in [-0.3, -0.25) is 9.59 Å². The predicted molar refractivity (Wildman–Crippen MR) is 26.3 cm³/mol. The SMILES string of the molecule is CC(=O)[15NH][13CH2][13C](=O)O. The topological polar surface area (TPSA) is 66.4 Å². The van der Waals surface area contributed by atoms with Gasteiger partial charge in [0.25, 0.3) is 0 Å². The summed E-state index contributed by atoms with van der Waals surface area (Å²) in [6.45, 7) is 0.971. The van der Waals surface area contributed by atoms with E-state index in [2.05, 4.69) is 5.32 Å². The number of carboxylic acids is 1. The molecule has 0 saturated carbocycles. The molecule has 2 N–H and O–H groups in total. The highest BCUT2D eigenvalue weighted by molar-refractivity contribution is 5.79. The van der Waals surface area contributed by atoms with Gasteiger partial charge in [0.1, 0.15) is 6.54 Å². The number of amides is 1. The van der Waals surface area contributed by atoms with Crippen LogP contribution >= 0.6 is 0 Å². The normalized spacial score (nSPS) is 8.12. The quantitative estimate of drug-likeness (QED) is 0.370. The molecule has 0 rings (SSSR count). The van der Waals surface area contributed by atoms with Crippen LogP contribution in [-0.4, -0.2) is 23.5 Å². The van der Waals surface area contributed by atoms with Gasteiger partial charge in [-0.1, -0.05) is 0 Å². The van der Waals surface area contributed by atoms with Crippen LogP contribution in [0.3, 0.4) is 0 Å². The minimum Gasteiger partial charge on any atom is -0.480 e. The van der Waals surface area contributed by atoms with E-state index >= 15 is 0 Å². The molecule has 8 heavy (non-hydrogen) atoms. The molecule has 0 atom stereocenters. The predicted octanol–water partition coefficient (Wildman–Crippen LogP) is -0.793. The van der Waals surface area contributed by atoms with E-state index in [-0.39, 0.29) is 12.5 Å². The number of carbonyl (C=O) groups excluding carboxylic acids is 1. The number of carboxylic acid groups (broad SMARTS) is 1. The number of rotatable bonds is 2. The summed E-state index contributed by atoms with van der Waals surface area (Å²) in [5.74, 6) is -1.35. The van der Waals surface area contributed by atoms with Crippen molar-refractivity contribution in [3.8, 4) is 0 Å². The van der Waals surface area contributed by atoms with Gasteiger partial charge >= 0.3 is 5.97 Å². The second kappa shape index (κ2) is 3.01. The van der Waals surface area contributed by atoms with E-state index in [1.54, 1.807) is 0 Å². The molecule has 0 bridgehead atoms. The number of nitrogens with one attached hydrogen (secondary N) is 1. The highest BCUT2D eigenvalue weighted by atomic mass is 16.5. The van der Waals surface area contributed by atoms with Crippen molar-refractivity contribution in [2.45, 2.75) is 6.92 Å². The lowest BCUT2D eigenvalue weighted by Crippen LogP contribution is -2.26. The van der Waals surface area contributed by atoms with E-state index in [9.17, 15) is 9.59 Å². The third-order valence-electron chi connectivity index (χ3n) is 0.489. The molecule has 0 aromatic carbocycles. The van der Waals surface area contributed by atoms with Gasteiger partial charge in [-0.25, -0.2) is 0 Å². The summed E-state index contributed by atoms with van der Waals surface area (Å²) in [4.78, 5) is 19.7. The molecule has 4 heteroatoms. The van der Waals surface area contributed by atoms with E-state index in [0.29, 0.717) is 0 Å². The van der Waals surface area contributed by atoms with E-state index < -0.39 is 5.97 Å². The Bertz CT molecular complexity index is 95.9. The summed E-state index contributed by atoms with van der Waals surface area (Å²) in [6.07, 6.45) is 0. The van der Waals surface area contributed by atoms with E-state index in [1.807, 2.05) is 0 Å². The Morgan fingerprint density at radius 2 is 2.12 bits per heavy atom. The fraction of sp³-hybridized carbons (Fsp3) is 0.500. The van der Waals surface area contributed by atoms with Crippen LogP contribution in [0.25, 0.3) is 0 Å². The van der Waals surface area contributed by atoms with Crippen LogP contribution in [0, 0.1) is 0 Å². The maximum absolute atomic E-state index is 9.97. The van der Waals surface area contributed by atoms with Gasteiger partial charge in [0.2, 0.25) is 5.91 Å². The lowest BCUT2D eigenvalue weighted by atomic mass is 10.8. The molecule has 46 valence electrons. The second-order valence-corrected chi connectivity index (χ2v) is 1.30. The molecule has 0 radical (unpaired) electrons. The van der Waals surface area contributed by atoms with Gasteiger partial charge in [-0.15, -0.1) is 0 Å². The maximum atomic E-state index is 9.97. The summed E-state index contributed by atoms with van der Waals surface area (Å²) in [6, 6.07) is 0. The third kappa shape index (κ3) is 4.94. The molecule has 0 aliphatic carbocycles. The summed E-state index contributed by atoms with van der Waals surface area (Å²) >= 11 is 0. The average Bonchev–Trinajstić information content (AvgIpc) is 1.61. The van der Waals surface area contributed by atoms with Crippen molar-refractivity contribution in [3.63, 3.8) is 0 Å². The number of carbonyl (C=O) groups is 2. The molecule has 0 aliphatic rings. The minimum absolute atomic E-state index is 0.296. The molecular weight excluding hydrogens is 113 g/mol. The first kappa shape index (κ1) is 6.94. The van der Waals surface area contributed by atoms with Crippen LogP contribution in [0.2, 0.25) is 0 Å². The first-order valence-electron chi connectivity index (χ1n) is 2.09. The highest BCUT2D eigenvalue weighted by Crippen LogP contribution is 1.60. The lowest BCUT2D eigenvalue weighted by molar-refractivity contribution is -0.137. The molecule has 0 aromatic rings. The van der Waals surface area contributed by atoms with Gasteiger partial charge in [0, 0.05) is 6.92 Å². The Morgan fingerprint density at radius 1 is 1.62 bits per heavy atom. The van der Waals surface area contributed by atoms with Crippen molar-refractivity contribution < 1.29 is 14.7 Å². The summed E-state index contributed by atoms with van der Waals surface area (Å²) in [5.41, 5.74) is 0. The Kier molecular flexibility index (Phi) is 2.61. The molecule has 0 heterocycles. The lowest BCUT2D eigenvalue weighted by Gasteiger charge is -1.92. The molecule has 0 aromatic heterocycles. The fourth-order valence-electron chi connectivity index (χ4n) is 0.200. The zero-order valence-electron chi connectivity index (χ0n) is 4.47. The molecule has 0 unspecified atom stereocenters. The van der Waals surface area contributed by atoms with E-state index in [1.165, 1.54) is 6.92 Å². The van der Waals surface area contributed by atoms with E-state index in [4.69, 9.17) is 5.11 Å². The van der Waals surface area contributed by atoms with Crippen molar-refractivity contribution in [1.82, 2.24) is 5.32 Å². The zero-order chi connectivity index (χ0) is 6.57. The zero-order valence-corrected chi connectivity index (χ0v) is 4.47. The number of hydrogen-bond donors (Lipinski definition) is 2. The Balaban J connectivity index is 3.18. The van der Waals surface area contributed by atoms with Gasteiger partial charge in [0.15, 0.2) is 0 Å². The monoisotopic (exact) mass is 120 g/mol. The van der Waals surface area contributed by atoms with Crippen molar-refractivity contribution in [2.75, 3.05) is 6.54 Å². The summed E-state index contributed by atoms with van der Waals surface area (Å²) in [5, 5.41) is 10.1. The molecule has 0 fully saturated rings. The van der Waals surface area contributed by atoms with Crippen molar-refractivity contribution in [3.05, 3.63) is 0 Å². The summed E-state index contributed by atoms with van der Waals surface area (Å²) in [7, 11) is 0. The van der Waals surface area contributed by atoms with E-state index in [0.717, 1.165) is 0 Å². The molecule has 0 spiro atoms. The number of aliphatic carboxylic acids is 1. The smallest absolute Gasteiger partial charge is 0.322 e. The van der Waals surface area contributed by atoms with Gasteiger partial charge in [-0.05, 0) is 0 Å². The van der Waals surface area contributed by atoms with Crippen LogP contribution in [0.15, 0.2) is 0 Å². The van der Waals surface area contributed by atoms with Gasteiger partial charge in [0.05, 0.1) is 0 Å². The Hall–Kier alpha value is -1.06.